The van der Waals surface area contributed by atoms with Crippen molar-refractivity contribution in [3.8, 4) is 0 Å². The number of thiazole rings is 1. The van der Waals surface area contributed by atoms with Crippen LogP contribution in [0.1, 0.15) is 20.8 Å². The minimum absolute atomic E-state index is 0.158. The summed E-state index contributed by atoms with van der Waals surface area (Å²) >= 11 is 8.74. The molecule has 0 saturated carbocycles. The molecule has 1 aromatic heterocycles. The van der Waals surface area contributed by atoms with Crippen LogP contribution in [0.4, 0.5) is 9.93 Å². The number of hydrogen-bond acceptors (Lipinski definition) is 6. The lowest BCUT2D eigenvalue weighted by Gasteiger charge is -2.23. The number of rotatable bonds is 2. The van der Waals surface area contributed by atoms with Crippen molar-refractivity contribution in [1.82, 2.24) is 4.98 Å². The van der Waals surface area contributed by atoms with Crippen LogP contribution in [0.3, 0.4) is 0 Å². The highest BCUT2D eigenvalue weighted by atomic mass is 35.5. The Kier molecular flexibility index (Phi) is 4.39. The second-order valence-corrected chi connectivity index (χ2v) is 8.98. The van der Waals surface area contributed by atoms with Crippen molar-refractivity contribution in [2.24, 2.45) is 11.1 Å². The number of thioether (sulfide) groups is 1. The number of fused-ring (bicyclic) bond motifs is 1. The Morgan fingerprint density at radius 3 is 2.71 bits per heavy atom. The maximum absolute atomic E-state index is 12.9. The standard InChI is InChI=1S/C15H16ClN3O3S2/c1-15(2,3)10-11(20)19(14(24-10)22-12(17)21)13-18-9-7(16)5-4-6-8(9)23-13/h4-6,10,14H,1-3H3,(H2,17,21). The van der Waals surface area contributed by atoms with Crippen molar-refractivity contribution >= 4 is 62.0 Å². The van der Waals surface area contributed by atoms with Gasteiger partial charge in [-0.1, -0.05) is 61.5 Å². The summed E-state index contributed by atoms with van der Waals surface area (Å²) in [5.74, 6) is -0.158. The van der Waals surface area contributed by atoms with Gasteiger partial charge in [0.05, 0.1) is 15.0 Å². The Morgan fingerprint density at radius 2 is 2.12 bits per heavy atom. The number of nitrogens with two attached hydrogens (primary N) is 1. The zero-order chi connectivity index (χ0) is 17.6. The molecule has 2 N–H and O–H groups in total. The summed E-state index contributed by atoms with van der Waals surface area (Å²) in [6.07, 6.45) is -0.931. The summed E-state index contributed by atoms with van der Waals surface area (Å²) in [5.41, 5.74) is 4.64. The molecular formula is C15H16ClN3O3S2. The van der Waals surface area contributed by atoms with Crippen molar-refractivity contribution < 1.29 is 14.3 Å². The van der Waals surface area contributed by atoms with Gasteiger partial charge in [0.1, 0.15) is 5.52 Å². The van der Waals surface area contributed by atoms with Gasteiger partial charge in [0.2, 0.25) is 11.5 Å². The summed E-state index contributed by atoms with van der Waals surface area (Å²) in [6.45, 7) is 5.88. The number of amides is 2. The van der Waals surface area contributed by atoms with E-state index in [2.05, 4.69) is 4.98 Å². The van der Waals surface area contributed by atoms with E-state index in [1.54, 1.807) is 6.07 Å². The first-order chi connectivity index (χ1) is 11.2. The van der Waals surface area contributed by atoms with Gasteiger partial charge >= 0.3 is 6.09 Å². The Hall–Kier alpha value is -1.51. The molecule has 0 spiro atoms. The van der Waals surface area contributed by atoms with Crippen LogP contribution < -0.4 is 10.6 Å². The van der Waals surface area contributed by atoms with Crippen LogP contribution >= 0.6 is 34.7 Å². The summed E-state index contributed by atoms with van der Waals surface area (Å²) in [5, 5.41) is 0.576. The molecule has 128 valence electrons. The molecule has 0 aliphatic carbocycles. The van der Waals surface area contributed by atoms with Gasteiger partial charge in [-0.05, 0) is 17.5 Å². The van der Waals surface area contributed by atoms with Gasteiger partial charge in [0.15, 0.2) is 5.13 Å². The molecular weight excluding hydrogens is 370 g/mol. The van der Waals surface area contributed by atoms with Crippen molar-refractivity contribution in [2.45, 2.75) is 31.6 Å². The number of para-hydroxylation sites is 1. The fraction of sp³-hybridized carbons (Fsp3) is 0.400. The summed E-state index contributed by atoms with van der Waals surface area (Å²) in [6, 6.07) is 5.44. The maximum atomic E-state index is 12.9. The zero-order valence-corrected chi connectivity index (χ0v) is 15.7. The molecule has 0 bridgehead atoms. The average Bonchev–Trinajstić information content (AvgIpc) is 3.00. The van der Waals surface area contributed by atoms with Crippen LogP contribution in [0.5, 0.6) is 0 Å². The molecule has 1 aromatic carbocycles. The monoisotopic (exact) mass is 385 g/mol. The molecule has 0 radical (unpaired) electrons. The average molecular weight is 386 g/mol. The molecule has 1 saturated heterocycles. The molecule has 9 heteroatoms. The van der Waals surface area contributed by atoms with Crippen molar-refractivity contribution in [3.05, 3.63) is 23.2 Å². The summed E-state index contributed by atoms with van der Waals surface area (Å²) < 4.78 is 5.99. The Morgan fingerprint density at radius 1 is 1.42 bits per heavy atom. The lowest BCUT2D eigenvalue weighted by Crippen LogP contribution is -2.40. The van der Waals surface area contributed by atoms with E-state index >= 15 is 0 Å². The fourth-order valence-corrected chi connectivity index (χ4v) is 5.11. The maximum Gasteiger partial charge on any atom is 0.407 e. The molecule has 2 amide bonds. The van der Waals surface area contributed by atoms with E-state index in [4.69, 9.17) is 22.1 Å². The van der Waals surface area contributed by atoms with Gasteiger partial charge < -0.3 is 10.5 Å². The van der Waals surface area contributed by atoms with Gasteiger partial charge in [0, 0.05) is 0 Å². The lowest BCUT2D eigenvalue weighted by molar-refractivity contribution is -0.119. The zero-order valence-electron chi connectivity index (χ0n) is 13.3. The molecule has 2 heterocycles. The topological polar surface area (TPSA) is 85.5 Å². The third-order valence-electron chi connectivity index (χ3n) is 3.49. The molecule has 2 unspecified atom stereocenters. The Bertz CT molecular complexity index is 818. The highest BCUT2D eigenvalue weighted by Crippen LogP contribution is 2.45. The van der Waals surface area contributed by atoms with Crippen LogP contribution in [-0.4, -0.2) is 27.8 Å². The molecule has 3 rings (SSSR count). The Labute approximate surface area is 152 Å². The number of nitrogens with zero attached hydrogens (tertiary/aromatic N) is 2. The van der Waals surface area contributed by atoms with Gasteiger partial charge in [-0.15, -0.1) is 0 Å². The van der Waals surface area contributed by atoms with Crippen molar-refractivity contribution in [2.75, 3.05) is 4.90 Å². The van der Waals surface area contributed by atoms with E-state index < -0.39 is 11.7 Å². The number of carbonyl (C=O) groups is 2. The van der Waals surface area contributed by atoms with Gasteiger partial charge in [-0.25, -0.2) is 14.7 Å². The van der Waals surface area contributed by atoms with Crippen molar-refractivity contribution in [3.63, 3.8) is 0 Å². The third kappa shape index (κ3) is 3.05. The van der Waals surface area contributed by atoms with E-state index in [9.17, 15) is 9.59 Å². The second-order valence-electron chi connectivity index (χ2n) is 6.42. The van der Waals surface area contributed by atoms with Crippen LogP contribution in [0.2, 0.25) is 5.02 Å². The molecule has 2 atom stereocenters. The lowest BCUT2D eigenvalue weighted by atomic mass is 9.91. The normalized spacial score (nSPS) is 21.5. The van der Waals surface area contributed by atoms with Gasteiger partial charge in [-0.2, -0.15) is 0 Å². The third-order valence-corrected chi connectivity index (χ3v) is 6.54. The van der Waals surface area contributed by atoms with Crippen LogP contribution in [0.15, 0.2) is 18.2 Å². The molecule has 2 aromatic rings. The fourth-order valence-electron chi connectivity index (χ4n) is 2.41. The highest BCUT2D eigenvalue weighted by molar-refractivity contribution is 8.01. The van der Waals surface area contributed by atoms with E-state index in [1.165, 1.54) is 28.0 Å². The number of carbonyl (C=O) groups excluding carboxylic acids is 2. The summed E-state index contributed by atoms with van der Waals surface area (Å²) in [4.78, 5) is 30.0. The first-order valence-electron chi connectivity index (χ1n) is 7.18. The molecule has 1 fully saturated rings. The minimum atomic E-state index is -0.931. The number of aromatic nitrogens is 1. The van der Waals surface area contributed by atoms with Gasteiger partial charge in [0.25, 0.3) is 0 Å². The summed E-state index contributed by atoms with van der Waals surface area (Å²) in [7, 11) is 0. The molecule has 6 nitrogen and oxygen atoms in total. The number of ether oxygens (including phenoxy) is 1. The Balaban J connectivity index is 2.05. The van der Waals surface area contributed by atoms with E-state index in [-0.39, 0.29) is 16.6 Å². The molecule has 1 aliphatic heterocycles. The minimum Gasteiger partial charge on any atom is -0.415 e. The van der Waals surface area contributed by atoms with E-state index in [1.807, 2.05) is 32.9 Å². The van der Waals surface area contributed by atoms with Gasteiger partial charge in [-0.3, -0.25) is 4.79 Å². The number of anilines is 1. The van der Waals surface area contributed by atoms with Crippen LogP contribution in [0.25, 0.3) is 10.2 Å². The first-order valence-corrected chi connectivity index (χ1v) is 9.32. The first kappa shape index (κ1) is 17.3. The SMILES string of the molecule is CC(C)(C)C1SC(OC(N)=O)N(c2nc3c(Cl)cccc3s2)C1=O. The van der Waals surface area contributed by atoms with E-state index in [0.29, 0.717) is 15.7 Å². The van der Waals surface area contributed by atoms with Crippen LogP contribution in [-0.2, 0) is 9.53 Å². The number of halogens is 1. The van der Waals surface area contributed by atoms with Crippen molar-refractivity contribution in [1.29, 1.82) is 0 Å². The second kappa shape index (κ2) is 6.09. The molecule has 1 aliphatic rings. The highest BCUT2D eigenvalue weighted by Gasteiger charge is 2.49. The largest absolute Gasteiger partial charge is 0.415 e. The predicted octanol–water partition coefficient (Wildman–Crippen LogP) is 3.82. The van der Waals surface area contributed by atoms with E-state index in [0.717, 1.165) is 4.70 Å². The molecule has 24 heavy (non-hydrogen) atoms. The van der Waals surface area contributed by atoms with Crippen LogP contribution in [0, 0.1) is 5.41 Å². The number of hydrogen-bond donors (Lipinski definition) is 1. The number of benzene rings is 1. The number of primary amides is 1. The predicted molar refractivity (Wildman–Crippen MR) is 97.4 cm³/mol. The smallest absolute Gasteiger partial charge is 0.407 e. The quantitative estimate of drug-likeness (QED) is 0.849.